The number of nitrogens with one attached hydrogen (secondary N) is 1. The van der Waals surface area contributed by atoms with Gasteiger partial charge in [0.15, 0.2) is 0 Å². The van der Waals surface area contributed by atoms with Crippen LogP contribution in [-0.2, 0) is 16.2 Å². The monoisotopic (exact) mass is 622 g/mol. The molecule has 1 fully saturated rings. The SMILES string of the molecule is O=C1NC(=O)N(c2ccccc2Cl)C(=O)/C1=C/c1cc(Br)c(OCc2ccccc2Cl)c(Br)c1. The van der Waals surface area contributed by atoms with E-state index in [1.165, 1.54) is 12.1 Å². The average Bonchev–Trinajstić information content (AvgIpc) is 2.78. The van der Waals surface area contributed by atoms with Crippen molar-refractivity contribution in [3.63, 3.8) is 0 Å². The zero-order valence-electron chi connectivity index (χ0n) is 17.2. The number of hydrogen-bond acceptors (Lipinski definition) is 4. The van der Waals surface area contributed by atoms with Crippen LogP contribution < -0.4 is 15.0 Å². The molecular formula is C24H14Br2Cl2N2O4. The summed E-state index contributed by atoms with van der Waals surface area (Å²) in [6.07, 6.45) is 1.39. The first-order valence-corrected chi connectivity index (χ1v) is 12.1. The van der Waals surface area contributed by atoms with Gasteiger partial charge in [-0.25, -0.2) is 9.69 Å². The van der Waals surface area contributed by atoms with Crippen molar-refractivity contribution >= 4 is 84.7 Å². The Labute approximate surface area is 221 Å². The van der Waals surface area contributed by atoms with Crippen LogP contribution in [0.25, 0.3) is 6.08 Å². The van der Waals surface area contributed by atoms with E-state index in [0.29, 0.717) is 25.3 Å². The summed E-state index contributed by atoms with van der Waals surface area (Å²) in [6, 6.07) is 16.2. The van der Waals surface area contributed by atoms with Gasteiger partial charge < -0.3 is 4.74 Å². The summed E-state index contributed by atoms with van der Waals surface area (Å²) >= 11 is 19.3. The summed E-state index contributed by atoms with van der Waals surface area (Å²) in [7, 11) is 0. The summed E-state index contributed by atoms with van der Waals surface area (Å²) in [6.45, 7) is 0.243. The first-order valence-electron chi connectivity index (χ1n) is 9.77. The molecule has 1 heterocycles. The van der Waals surface area contributed by atoms with Gasteiger partial charge in [-0.15, -0.1) is 0 Å². The number of anilines is 1. The van der Waals surface area contributed by atoms with Crippen LogP contribution in [0.4, 0.5) is 10.5 Å². The van der Waals surface area contributed by atoms with Gasteiger partial charge in [0.05, 0.1) is 19.7 Å². The van der Waals surface area contributed by atoms with Gasteiger partial charge in [0, 0.05) is 10.6 Å². The predicted octanol–water partition coefficient (Wildman–Crippen LogP) is 6.76. The van der Waals surface area contributed by atoms with E-state index in [9.17, 15) is 14.4 Å². The van der Waals surface area contributed by atoms with Crippen molar-refractivity contribution in [2.24, 2.45) is 0 Å². The smallest absolute Gasteiger partial charge is 0.335 e. The molecule has 3 aromatic carbocycles. The molecule has 34 heavy (non-hydrogen) atoms. The topological polar surface area (TPSA) is 75.7 Å². The molecule has 0 saturated carbocycles. The number of halogens is 4. The van der Waals surface area contributed by atoms with E-state index in [1.54, 1.807) is 36.4 Å². The lowest BCUT2D eigenvalue weighted by Crippen LogP contribution is -2.54. The van der Waals surface area contributed by atoms with E-state index in [2.05, 4.69) is 37.2 Å². The highest BCUT2D eigenvalue weighted by Gasteiger charge is 2.37. The molecule has 3 aromatic rings. The van der Waals surface area contributed by atoms with Gasteiger partial charge in [-0.3, -0.25) is 14.9 Å². The molecule has 0 radical (unpaired) electrons. The molecule has 1 N–H and O–H groups in total. The second-order valence-corrected chi connectivity index (χ2v) is 9.63. The third-order valence-corrected chi connectivity index (χ3v) is 6.72. The standard InChI is InChI=1S/C24H14Br2Cl2N2O4/c25-16-10-13(11-17(26)21(16)34-12-14-5-1-2-6-18(14)27)9-15-22(31)29-24(33)30(23(15)32)20-8-4-3-7-19(20)28/h1-11H,12H2,(H,29,31,33)/b15-9+. The van der Waals surface area contributed by atoms with Gasteiger partial charge in [-0.1, -0.05) is 53.5 Å². The normalized spacial score (nSPS) is 15.0. The van der Waals surface area contributed by atoms with Crippen molar-refractivity contribution in [1.29, 1.82) is 0 Å². The van der Waals surface area contributed by atoms with Crippen LogP contribution in [0.15, 0.2) is 75.2 Å². The molecule has 0 aliphatic carbocycles. The largest absolute Gasteiger partial charge is 0.486 e. The van der Waals surface area contributed by atoms with E-state index < -0.39 is 17.8 Å². The number of urea groups is 1. The molecule has 1 aliphatic heterocycles. The Morgan fingerprint density at radius 1 is 0.912 bits per heavy atom. The molecule has 0 spiro atoms. The van der Waals surface area contributed by atoms with Crippen LogP contribution in [0.1, 0.15) is 11.1 Å². The van der Waals surface area contributed by atoms with Crippen LogP contribution in [0.5, 0.6) is 5.75 Å². The molecule has 0 aromatic heterocycles. The first kappa shape index (κ1) is 24.5. The fraction of sp³-hybridized carbons (Fsp3) is 0.0417. The Bertz CT molecular complexity index is 1340. The minimum atomic E-state index is -0.870. The van der Waals surface area contributed by atoms with E-state index in [4.69, 9.17) is 27.9 Å². The number of amides is 4. The van der Waals surface area contributed by atoms with Crippen molar-refractivity contribution in [2.75, 3.05) is 4.90 Å². The van der Waals surface area contributed by atoms with Gasteiger partial charge in [-0.2, -0.15) is 0 Å². The molecule has 1 aliphatic rings. The number of carbonyl (C=O) groups is 3. The number of para-hydroxylation sites is 1. The number of ether oxygens (including phenoxy) is 1. The second-order valence-electron chi connectivity index (χ2n) is 7.10. The highest BCUT2D eigenvalue weighted by molar-refractivity contribution is 9.11. The minimum Gasteiger partial charge on any atom is -0.486 e. The van der Waals surface area contributed by atoms with E-state index in [1.807, 2.05) is 18.2 Å². The Morgan fingerprint density at radius 3 is 2.18 bits per heavy atom. The molecule has 0 atom stereocenters. The Kier molecular flexibility index (Phi) is 7.42. The highest BCUT2D eigenvalue weighted by Crippen LogP contribution is 2.37. The molecule has 10 heteroatoms. The number of carbonyl (C=O) groups excluding carboxylic acids is 3. The number of barbiturate groups is 1. The van der Waals surface area contributed by atoms with Gasteiger partial charge in [0.2, 0.25) is 0 Å². The molecule has 1 saturated heterocycles. The zero-order chi connectivity index (χ0) is 24.4. The summed E-state index contributed by atoms with van der Waals surface area (Å²) in [5, 5.41) is 2.97. The maximum atomic E-state index is 13.1. The van der Waals surface area contributed by atoms with Crippen LogP contribution in [0, 0.1) is 0 Å². The maximum Gasteiger partial charge on any atom is 0.335 e. The highest BCUT2D eigenvalue weighted by atomic mass is 79.9. The van der Waals surface area contributed by atoms with E-state index in [0.717, 1.165) is 10.5 Å². The number of imide groups is 2. The van der Waals surface area contributed by atoms with E-state index >= 15 is 0 Å². The van der Waals surface area contributed by atoms with Gasteiger partial charge >= 0.3 is 6.03 Å². The van der Waals surface area contributed by atoms with Gasteiger partial charge in [0.1, 0.15) is 17.9 Å². The minimum absolute atomic E-state index is 0.177. The Morgan fingerprint density at radius 2 is 1.53 bits per heavy atom. The molecular weight excluding hydrogens is 611 g/mol. The fourth-order valence-electron chi connectivity index (χ4n) is 3.24. The lowest BCUT2D eigenvalue weighted by Gasteiger charge is -2.27. The second kappa shape index (κ2) is 10.3. The molecule has 0 bridgehead atoms. The van der Waals surface area contributed by atoms with Crippen LogP contribution >= 0.6 is 55.1 Å². The lowest BCUT2D eigenvalue weighted by atomic mass is 10.1. The summed E-state index contributed by atoms with van der Waals surface area (Å²) in [4.78, 5) is 38.8. The quantitative estimate of drug-likeness (QED) is 0.251. The molecule has 0 unspecified atom stereocenters. The van der Waals surface area contributed by atoms with Gasteiger partial charge in [-0.05, 0) is 73.8 Å². The first-order chi connectivity index (χ1) is 16.3. The number of rotatable bonds is 5. The number of hydrogen-bond donors (Lipinski definition) is 1. The molecule has 172 valence electrons. The van der Waals surface area contributed by atoms with Crippen LogP contribution in [-0.4, -0.2) is 17.8 Å². The van der Waals surface area contributed by atoms with Crippen molar-refractivity contribution in [2.45, 2.75) is 6.61 Å². The molecule has 4 rings (SSSR count). The summed E-state index contributed by atoms with van der Waals surface area (Å²) in [5.41, 5.74) is 1.30. The third kappa shape index (κ3) is 5.05. The maximum absolute atomic E-state index is 13.1. The zero-order valence-corrected chi connectivity index (χ0v) is 21.8. The number of benzene rings is 3. The van der Waals surface area contributed by atoms with Crippen LogP contribution in [0.3, 0.4) is 0 Å². The fourth-order valence-corrected chi connectivity index (χ4v) is 5.10. The summed E-state index contributed by atoms with van der Waals surface area (Å²) in [5.74, 6) is -1.06. The Balaban J connectivity index is 1.63. The predicted molar refractivity (Wildman–Crippen MR) is 138 cm³/mol. The van der Waals surface area contributed by atoms with E-state index in [-0.39, 0.29) is 22.9 Å². The average molecular weight is 625 g/mol. The van der Waals surface area contributed by atoms with Crippen LogP contribution in [0.2, 0.25) is 10.0 Å². The van der Waals surface area contributed by atoms with Crippen molar-refractivity contribution in [3.8, 4) is 5.75 Å². The van der Waals surface area contributed by atoms with Crippen molar-refractivity contribution in [1.82, 2.24) is 5.32 Å². The molecule has 6 nitrogen and oxygen atoms in total. The summed E-state index contributed by atoms with van der Waals surface area (Å²) < 4.78 is 7.08. The molecule has 4 amide bonds. The van der Waals surface area contributed by atoms with Crippen molar-refractivity contribution < 1.29 is 19.1 Å². The van der Waals surface area contributed by atoms with Crippen molar-refractivity contribution in [3.05, 3.63) is 96.4 Å². The number of nitrogens with zero attached hydrogens (tertiary/aromatic N) is 1. The lowest BCUT2D eigenvalue weighted by molar-refractivity contribution is -0.122. The third-order valence-electron chi connectivity index (χ3n) is 4.86. The Hall–Kier alpha value is -2.65. The van der Waals surface area contributed by atoms with Gasteiger partial charge in [0.25, 0.3) is 11.8 Å².